The van der Waals surface area contributed by atoms with Crippen molar-refractivity contribution in [2.45, 2.75) is 27.7 Å². The van der Waals surface area contributed by atoms with Crippen LogP contribution in [0.1, 0.15) is 27.7 Å². The van der Waals surface area contributed by atoms with Gasteiger partial charge in [0.1, 0.15) is 0 Å². The van der Waals surface area contributed by atoms with E-state index in [0.717, 1.165) is 0 Å². The van der Waals surface area contributed by atoms with Crippen molar-refractivity contribution in [2.75, 3.05) is 0 Å². The van der Waals surface area contributed by atoms with Crippen molar-refractivity contribution >= 4 is 4.23 Å². The van der Waals surface area contributed by atoms with E-state index in [1.807, 2.05) is 0 Å². The third kappa shape index (κ3) is 6.63. The number of hydrogen-bond donors (Lipinski definition) is 0. The number of hydrogen-bond acceptors (Lipinski definition) is 0. The van der Waals surface area contributed by atoms with Crippen LogP contribution in [0.4, 0.5) is 0 Å². The number of allylic oxidation sites excluding steroid dienone is 4. The van der Waals surface area contributed by atoms with Gasteiger partial charge < -0.3 is 0 Å². The van der Waals surface area contributed by atoms with Gasteiger partial charge in [-0.3, -0.25) is 0 Å². The average Bonchev–Trinajstić information content (AvgIpc) is 1.97. The van der Waals surface area contributed by atoms with Crippen molar-refractivity contribution < 1.29 is 17.0 Å². The van der Waals surface area contributed by atoms with Crippen molar-refractivity contribution in [2.24, 2.45) is 11.8 Å². The van der Waals surface area contributed by atoms with E-state index in [0.29, 0.717) is 11.8 Å². The summed E-state index contributed by atoms with van der Waals surface area (Å²) in [6.45, 7) is 8.76. The Bertz CT molecular complexity index is 185. The molecule has 0 aliphatic carbocycles. The molecule has 0 aromatic heterocycles. The van der Waals surface area contributed by atoms with Crippen molar-refractivity contribution in [1.82, 2.24) is 0 Å². The zero-order chi connectivity index (χ0) is 9.56. The second kappa shape index (κ2) is 6.45. The van der Waals surface area contributed by atoms with Gasteiger partial charge >= 0.3 is 85.0 Å². The Balaban J connectivity index is 3.84. The van der Waals surface area contributed by atoms with Crippen molar-refractivity contribution in [1.29, 1.82) is 0 Å². The molecule has 0 aromatic carbocycles. The van der Waals surface area contributed by atoms with E-state index in [1.165, 1.54) is 4.23 Å². The van der Waals surface area contributed by atoms with E-state index in [-0.39, 0.29) is 0 Å². The molecule has 0 bridgehead atoms. The summed E-state index contributed by atoms with van der Waals surface area (Å²) in [4.78, 5) is 0. The monoisotopic (exact) mass is 201 g/mol. The Morgan fingerprint density at radius 3 is 2.08 bits per heavy atom. The van der Waals surface area contributed by atoms with Gasteiger partial charge in [0.25, 0.3) is 0 Å². The van der Waals surface area contributed by atoms with Gasteiger partial charge in [-0.15, -0.1) is 0 Å². The van der Waals surface area contributed by atoms with Crippen LogP contribution in [0, 0.1) is 11.8 Å². The molecular weight excluding hydrogens is 183 g/mol. The Morgan fingerprint density at radius 2 is 1.67 bits per heavy atom. The molecule has 0 nitrogen and oxygen atoms in total. The zero-order valence-corrected chi connectivity index (χ0v) is 9.81. The van der Waals surface area contributed by atoms with Crippen LogP contribution in [0.15, 0.2) is 24.3 Å². The van der Waals surface area contributed by atoms with Gasteiger partial charge in [0, 0.05) is 0 Å². The minimum absolute atomic E-state index is 0.633. The molecule has 0 saturated heterocycles. The van der Waals surface area contributed by atoms with Crippen LogP contribution in [0.2, 0.25) is 0 Å². The molecule has 0 atom stereocenters. The second-order valence-corrected chi connectivity index (χ2v) is 4.37. The third-order valence-electron chi connectivity index (χ3n) is 1.47. The van der Waals surface area contributed by atoms with Crippen LogP contribution < -0.4 is 0 Å². The fourth-order valence-corrected chi connectivity index (χ4v) is 0.767. The maximum absolute atomic E-state index is 2.62. The van der Waals surface area contributed by atoms with Crippen LogP contribution in [0.5, 0.6) is 0 Å². The first-order valence-corrected chi connectivity index (χ1v) is 5.14. The molecule has 1 heteroatoms. The van der Waals surface area contributed by atoms with E-state index in [4.69, 9.17) is 0 Å². The first-order chi connectivity index (χ1) is 5.54. The molecule has 0 saturated carbocycles. The summed E-state index contributed by atoms with van der Waals surface area (Å²) in [7, 11) is 0. The van der Waals surface area contributed by atoms with E-state index in [9.17, 15) is 0 Å². The normalized spacial score (nSPS) is 12.7. The molecule has 0 fully saturated rings. The van der Waals surface area contributed by atoms with Crippen LogP contribution in [0.25, 0.3) is 0 Å². The Labute approximate surface area is 85.2 Å². The summed E-state index contributed by atoms with van der Waals surface area (Å²) in [5.74, 6) is 1.28. The summed E-state index contributed by atoms with van der Waals surface area (Å²) < 4.78 is 1.37. The Morgan fingerprint density at radius 1 is 1.08 bits per heavy atom. The van der Waals surface area contributed by atoms with Gasteiger partial charge in [0.15, 0.2) is 0 Å². The zero-order valence-electron chi connectivity index (χ0n) is 8.41. The van der Waals surface area contributed by atoms with Crippen LogP contribution >= 0.6 is 0 Å². The van der Waals surface area contributed by atoms with Gasteiger partial charge in [0.2, 0.25) is 0 Å². The van der Waals surface area contributed by atoms with Crippen LogP contribution in [0.3, 0.4) is 0 Å². The van der Waals surface area contributed by atoms with E-state index < -0.39 is 0 Å². The molecule has 12 heavy (non-hydrogen) atoms. The van der Waals surface area contributed by atoms with Gasteiger partial charge in [-0.2, -0.15) is 0 Å². The SMILES string of the molecule is CC(C)C=C/C=C\[C](=[V+2])C(C)C. The molecule has 0 radical (unpaired) electrons. The summed E-state index contributed by atoms with van der Waals surface area (Å²) >= 11 is 2.62. The van der Waals surface area contributed by atoms with E-state index in [1.54, 1.807) is 0 Å². The van der Waals surface area contributed by atoms with Crippen LogP contribution in [-0.4, -0.2) is 4.23 Å². The molecule has 0 amide bonds. The second-order valence-electron chi connectivity index (χ2n) is 3.57. The predicted octanol–water partition coefficient (Wildman–Crippen LogP) is 3.13. The Hall–Kier alpha value is -0.0656. The first-order valence-electron chi connectivity index (χ1n) is 4.44. The molecule has 0 aromatic rings. The van der Waals surface area contributed by atoms with Crippen LogP contribution in [-0.2, 0) is 17.0 Å². The number of rotatable bonds is 4. The molecule has 0 aliphatic rings. The van der Waals surface area contributed by atoms with Crippen molar-refractivity contribution in [3.8, 4) is 0 Å². The summed E-state index contributed by atoms with van der Waals surface area (Å²) in [6.07, 6.45) is 8.56. The maximum atomic E-state index is 2.62. The van der Waals surface area contributed by atoms with Crippen molar-refractivity contribution in [3.63, 3.8) is 0 Å². The first kappa shape index (κ1) is 11.9. The standard InChI is InChI=1S/C11H18.V/c1-10(2)8-6-5-7-9-11(3)4;/h5-8,10-11H,1-4H3;/q;+2/b7-5-,8-6?;. The molecule has 0 heterocycles. The third-order valence-corrected chi connectivity index (χ3v) is 2.50. The van der Waals surface area contributed by atoms with E-state index >= 15 is 0 Å². The molecule has 65 valence electrons. The Kier molecular flexibility index (Phi) is 6.42. The summed E-state index contributed by atoms with van der Waals surface area (Å²) in [5, 5.41) is 0. The predicted molar refractivity (Wildman–Crippen MR) is 53.0 cm³/mol. The fraction of sp³-hybridized carbons (Fsp3) is 0.545. The quantitative estimate of drug-likeness (QED) is 0.613. The molecule has 0 spiro atoms. The van der Waals surface area contributed by atoms with Gasteiger partial charge in [-0.05, 0) is 0 Å². The molecule has 0 N–H and O–H groups in total. The fourth-order valence-electron chi connectivity index (χ4n) is 0.633. The average molecular weight is 201 g/mol. The summed E-state index contributed by atoms with van der Waals surface area (Å²) in [6, 6.07) is 0. The summed E-state index contributed by atoms with van der Waals surface area (Å²) in [5.41, 5.74) is 0. The topological polar surface area (TPSA) is 0 Å². The minimum atomic E-state index is 0.633. The van der Waals surface area contributed by atoms with E-state index in [2.05, 4.69) is 69.0 Å². The molecular formula is C11H18V+2. The van der Waals surface area contributed by atoms with Gasteiger partial charge in [-0.25, -0.2) is 0 Å². The molecule has 0 unspecified atom stereocenters. The van der Waals surface area contributed by atoms with Gasteiger partial charge in [0.05, 0.1) is 0 Å². The van der Waals surface area contributed by atoms with Gasteiger partial charge in [-0.1, -0.05) is 0 Å². The molecule has 0 rings (SSSR count). The molecule has 0 aliphatic heterocycles. The van der Waals surface area contributed by atoms with Crippen molar-refractivity contribution in [3.05, 3.63) is 24.3 Å².